The molecule has 166 valence electrons. The number of sulfone groups is 1. The van der Waals surface area contributed by atoms with Gasteiger partial charge in [0.05, 0.1) is 9.60 Å². The van der Waals surface area contributed by atoms with Crippen molar-refractivity contribution >= 4 is 42.4 Å². The van der Waals surface area contributed by atoms with Crippen molar-refractivity contribution in [3.63, 3.8) is 0 Å². The van der Waals surface area contributed by atoms with Crippen LogP contribution in [0, 0.1) is 0 Å². The average Bonchev–Trinajstić information content (AvgIpc) is 3.10. The van der Waals surface area contributed by atoms with Crippen LogP contribution in [0.4, 0.5) is 5.13 Å². The van der Waals surface area contributed by atoms with Crippen LogP contribution in [-0.2, 0) is 15.3 Å². The lowest BCUT2D eigenvalue weighted by molar-refractivity contribution is 0.0985. The highest BCUT2D eigenvalue weighted by molar-refractivity contribution is 7.91. The van der Waals surface area contributed by atoms with Gasteiger partial charge in [0, 0.05) is 24.9 Å². The molecule has 6 nitrogen and oxygen atoms in total. The minimum absolute atomic E-state index is 0.00125. The highest BCUT2D eigenvalue weighted by Crippen LogP contribution is 2.33. The lowest BCUT2D eigenvalue weighted by atomic mass is 9.86. The molecule has 0 atom stereocenters. The first-order valence-electron chi connectivity index (χ1n) is 10.0. The van der Waals surface area contributed by atoms with Crippen molar-refractivity contribution in [3.05, 3.63) is 53.6 Å². The van der Waals surface area contributed by atoms with Crippen LogP contribution in [0.15, 0.2) is 47.4 Å². The van der Waals surface area contributed by atoms with Gasteiger partial charge >= 0.3 is 0 Å². The van der Waals surface area contributed by atoms with Gasteiger partial charge in [-0.1, -0.05) is 50.3 Å². The first-order valence-corrected chi connectivity index (χ1v) is 12.8. The molecule has 31 heavy (non-hydrogen) atoms. The standard InChI is InChI=1S/C23H29N3O3S2/c1-23(2,3)17-12-10-16(11-13-17)21(27)26(15-14-25(4)5)22-24-20-18(30-22)8-7-9-19(20)31(6,28)29/h7-13H,14-15H2,1-6H3. The second-order valence-electron chi connectivity index (χ2n) is 8.96. The lowest BCUT2D eigenvalue weighted by Crippen LogP contribution is -2.36. The van der Waals surface area contributed by atoms with Crippen molar-refractivity contribution in [2.45, 2.75) is 31.1 Å². The number of amides is 1. The van der Waals surface area contributed by atoms with Crippen LogP contribution in [-0.4, -0.2) is 57.6 Å². The smallest absolute Gasteiger partial charge is 0.260 e. The molecule has 3 aromatic rings. The molecule has 0 aliphatic carbocycles. The Hall–Kier alpha value is -2.29. The summed E-state index contributed by atoms with van der Waals surface area (Å²) in [6.07, 6.45) is 1.17. The third-order valence-electron chi connectivity index (χ3n) is 5.01. The summed E-state index contributed by atoms with van der Waals surface area (Å²) in [5, 5.41) is 0.498. The molecule has 1 amide bonds. The molecule has 0 saturated heterocycles. The number of aromatic nitrogens is 1. The van der Waals surface area contributed by atoms with Gasteiger partial charge in [-0.15, -0.1) is 0 Å². The average molecular weight is 460 g/mol. The Labute approximate surface area is 188 Å². The summed E-state index contributed by atoms with van der Waals surface area (Å²) in [4.78, 5) is 21.8. The SMILES string of the molecule is CN(C)CCN(C(=O)c1ccc(C(C)(C)C)cc1)c1nc2c(S(C)(=O)=O)cccc2s1. The number of hydrogen-bond acceptors (Lipinski definition) is 6. The molecule has 0 fully saturated rings. The zero-order valence-electron chi connectivity index (χ0n) is 18.8. The van der Waals surface area contributed by atoms with Crippen molar-refractivity contribution in [1.82, 2.24) is 9.88 Å². The highest BCUT2D eigenvalue weighted by atomic mass is 32.2. The van der Waals surface area contributed by atoms with Gasteiger partial charge in [-0.2, -0.15) is 0 Å². The van der Waals surface area contributed by atoms with E-state index in [4.69, 9.17) is 0 Å². The molecule has 1 aromatic heterocycles. The normalized spacial score (nSPS) is 12.5. The molecular formula is C23H29N3O3S2. The molecule has 0 saturated carbocycles. The summed E-state index contributed by atoms with van der Waals surface area (Å²) >= 11 is 1.33. The van der Waals surface area contributed by atoms with Crippen LogP contribution in [0.3, 0.4) is 0 Å². The van der Waals surface area contributed by atoms with Gasteiger partial charge in [-0.25, -0.2) is 13.4 Å². The third-order valence-corrected chi connectivity index (χ3v) is 7.19. The summed E-state index contributed by atoms with van der Waals surface area (Å²) in [7, 11) is 0.464. The van der Waals surface area contributed by atoms with E-state index in [1.54, 1.807) is 17.0 Å². The van der Waals surface area contributed by atoms with Crippen LogP contribution >= 0.6 is 11.3 Å². The molecule has 0 radical (unpaired) electrons. The predicted molar refractivity (Wildman–Crippen MR) is 128 cm³/mol. The second-order valence-corrected chi connectivity index (χ2v) is 12.0. The third kappa shape index (κ3) is 5.31. The van der Waals surface area contributed by atoms with Gasteiger partial charge in [-0.3, -0.25) is 9.69 Å². The van der Waals surface area contributed by atoms with E-state index in [0.717, 1.165) is 10.3 Å². The molecule has 0 N–H and O–H groups in total. The zero-order valence-corrected chi connectivity index (χ0v) is 20.5. The van der Waals surface area contributed by atoms with Crippen molar-refractivity contribution in [3.8, 4) is 0 Å². The van der Waals surface area contributed by atoms with Crippen LogP contribution in [0.2, 0.25) is 0 Å². The predicted octanol–water partition coefficient (Wildman–Crippen LogP) is 4.21. The van der Waals surface area contributed by atoms with E-state index in [9.17, 15) is 13.2 Å². The van der Waals surface area contributed by atoms with Crippen molar-refractivity contribution in [1.29, 1.82) is 0 Å². The first-order chi connectivity index (χ1) is 14.4. The van der Waals surface area contributed by atoms with Crippen LogP contribution in [0.25, 0.3) is 10.2 Å². The number of hydrogen-bond donors (Lipinski definition) is 0. The largest absolute Gasteiger partial charge is 0.308 e. The number of nitrogens with zero attached hydrogens (tertiary/aromatic N) is 3. The maximum atomic E-state index is 13.4. The van der Waals surface area contributed by atoms with Crippen LogP contribution in [0.5, 0.6) is 0 Å². The number of benzene rings is 2. The number of thiazole rings is 1. The monoisotopic (exact) mass is 459 g/mol. The van der Waals surface area contributed by atoms with E-state index in [2.05, 4.69) is 25.8 Å². The Balaban J connectivity index is 2.04. The highest BCUT2D eigenvalue weighted by Gasteiger charge is 2.24. The topological polar surface area (TPSA) is 70.6 Å². The molecule has 3 rings (SSSR count). The Morgan fingerprint density at radius 3 is 2.23 bits per heavy atom. The Kier molecular flexibility index (Phi) is 6.55. The molecule has 0 unspecified atom stereocenters. The first kappa shape index (κ1) is 23.4. The Morgan fingerprint density at radius 1 is 1.03 bits per heavy atom. The fourth-order valence-corrected chi connectivity index (χ4v) is 5.09. The molecule has 0 aliphatic heterocycles. The van der Waals surface area contributed by atoms with E-state index < -0.39 is 9.84 Å². The van der Waals surface area contributed by atoms with Gasteiger partial charge in [0.25, 0.3) is 5.91 Å². The number of anilines is 1. The van der Waals surface area contributed by atoms with E-state index in [1.165, 1.54) is 17.6 Å². The number of para-hydroxylation sites is 1. The van der Waals surface area contributed by atoms with E-state index in [-0.39, 0.29) is 16.2 Å². The molecular weight excluding hydrogens is 430 g/mol. The summed E-state index contributed by atoms with van der Waals surface area (Å²) in [5.74, 6) is -0.151. The molecule has 8 heteroatoms. The fourth-order valence-electron chi connectivity index (χ4n) is 3.18. The van der Waals surface area contributed by atoms with Gasteiger partial charge in [-0.05, 0) is 49.3 Å². The van der Waals surface area contributed by atoms with E-state index >= 15 is 0 Å². The minimum atomic E-state index is -3.43. The van der Waals surface area contributed by atoms with Gasteiger partial charge in [0.15, 0.2) is 15.0 Å². The lowest BCUT2D eigenvalue weighted by Gasteiger charge is -2.23. The fraction of sp³-hybridized carbons (Fsp3) is 0.391. The number of fused-ring (bicyclic) bond motifs is 1. The minimum Gasteiger partial charge on any atom is -0.308 e. The Bertz CT molecular complexity index is 1190. The van der Waals surface area contributed by atoms with Crippen molar-refractivity contribution in [2.24, 2.45) is 0 Å². The molecule has 0 spiro atoms. The van der Waals surface area contributed by atoms with Crippen LogP contribution < -0.4 is 4.90 Å². The van der Waals surface area contributed by atoms with Crippen molar-refractivity contribution in [2.75, 3.05) is 38.3 Å². The maximum Gasteiger partial charge on any atom is 0.260 e. The van der Waals surface area contributed by atoms with E-state index in [0.29, 0.717) is 29.3 Å². The Morgan fingerprint density at radius 2 is 1.68 bits per heavy atom. The molecule has 2 aromatic carbocycles. The summed E-state index contributed by atoms with van der Waals surface area (Å²) < 4.78 is 25.1. The number of likely N-dealkylation sites (N-methyl/N-ethyl adjacent to an activating group) is 1. The molecule has 1 heterocycles. The van der Waals surface area contributed by atoms with Crippen LogP contribution in [0.1, 0.15) is 36.7 Å². The summed E-state index contributed by atoms with van der Waals surface area (Å²) in [6, 6.07) is 12.8. The quantitative estimate of drug-likeness (QED) is 0.552. The summed E-state index contributed by atoms with van der Waals surface area (Å²) in [6.45, 7) is 7.50. The van der Waals surface area contributed by atoms with E-state index in [1.807, 2.05) is 49.3 Å². The summed E-state index contributed by atoms with van der Waals surface area (Å²) in [5.41, 5.74) is 2.15. The number of rotatable bonds is 6. The van der Waals surface area contributed by atoms with Gasteiger partial charge in [0.2, 0.25) is 0 Å². The second kappa shape index (κ2) is 8.68. The maximum absolute atomic E-state index is 13.4. The van der Waals surface area contributed by atoms with Crippen molar-refractivity contribution < 1.29 is 13.2 Å². The van der Waals surface area contributed by atoms with Gasteiger partial charge in [0.1, 0.15) is 5.52 Å². The number of carbonyl (C=O) groups excluding carboxylic acids is 1. The van der Waals surface area contributed by atoms with Gasteiger partial charge < -0.3 is 4.90 Å². The molecule has 0 bridgehead atoms. The zero-order chi connectivity index (χ0) is 23.0. The number of carbonyl (C=O) groups is 1. The molecule has 0 aliphatic rings.